The van der Waals surface area contributed by atoms with E-state index in [0.29, 0.717) is 26.0 Å². The van der Waals surface area contributed by atoms with Crippen molar-refractivity contribution in [1.29, 1.82) is 0 Å². The molecule has 0 heterocycles. The average Bonchev–Trinajstić information content (AvgIpc) is 2.29. The SMILES string of the molecule is COCCC(N)C(=O)NCCCCCC(=O)O. The fourth-order valence-corrected chi connectivity index (χ4v) is 1.30. The van der Waals surface area contributed by atoms with Gasteiger partial charge in [0.2, 0.25) is 5.91 Å². The summed E-state index contributed by atoms with van der Waals surface area (Å²) >= 11 is 0. The number of methoxy groups -OCH3 is 1. The number of nitrogens with one attached hydrogen (secondary N) is 1. The quantitative estimate of drug-likeness (QED) is 0.475. The van der Waals surface area contributed by atoms with Crippen LogP contribution in [-0.2, 0) is 14.3 Å². The highest BCUT2D eigenvalue weighted by molar-refractivity contribution is 5.81. The van der Waals surface area contributed by atoms with E-state index in [1.165, 1.54) is 0 Å². The van der Waals surface area contributed by atoms with Crippen molar-refractivity contribution in [3.8, 4) is 0 Å². The Kier molecular flexibility index (Phi) is 9.37. The van der Waals surface area contributed by atoms with Gasteiger partial charge in [-0.05, 0) is 19.3 Å². The van der Waals surface area contributed by atoms with Crippen LogP contribution in [0.5, 0.6) is 0 Å². The van der Waals surface area contributed by atoms with Gasteiger partial charge in [0.1, 0.15) is 0 Å². The molecule has 0 aromatic heterocycles. The van der Waals surface area contributed by atoms with Gasteiger partial charge in [0.25, 0.3) is 0 Å². The lowest BCUT2D eigenvalue weighted by Crippen LogP contribution is -2.41. The monoisotopic (exact) mass is 246 g/mol. The summed E-state index contributed by atoms with van der Waals surface area (Å²) in [4.78, 5) is 21.6. The van der Waals surface area contributed by atoms with Gasteiger partial charge < -0.3 is 20.9 Å². The summed E-state index contributed by atoms with van der Waals surface area (Å²) in [5.74, 6) is -0.962. The van der Waals surface area contributed by atoms with Gasteiger partial charge in [0, 0.05) is 26.7 Å². The molecule has 0 spiro atoms. The van der Waals surface area contributed by atoms with E-state index in [-0.39, 0.29) is 12.3 Å². The Balaban J connectivity index is 3.41. The molecule has 17 heavy (non-hydrogen) atoms. The molecule has 1 amide bonds. The van der Waals surface area contributed by atoms with Gasteiger partial charge in [-0.1, -0.05) is 6.42 Å². The molecule has 0 fully saturated rings. The molecular weight excluding hydrogens is 224 g/mol. The van der Waals surface area contributed by atoms with E-state index in [1.54, 1.807) is 7.11 Å². The predicted molar refractivity (Wildman–Crippen MR) is 63.6 cm³/mol. The number of carboxylic acid groups (broad SMARTS) is 1. The minimum absolute atomic E-state index is 0.180. The van der Waals surface area contributed by atoms with E-state index >= 15 is 0 Å². The molecule has 1 unspecified atom stereocenters. The molecule has 100 valence electrons. The van der Waals surface area contributed by atoms with Crippen molar-refractivity contribution in [2.24, 2.45) is 5.73 Å². The maximum Gasteiger partial charge on any atom is 0.303 e. The molecule has 0 aliphatic rings. The molecule has 0 aliphatic heterocycles. The number of carbonyl (C=O) groups excluding carboxylic acids is 1. The van der Waals surface area contributed by atoms with Crippen LogP contribution >= 0.6 is 0 Å². The summed E-state index contributed by atoms with van der Waals surface area (Å²) < 4.78 is 4.83. The van der Waals surface area contributed by atoms with Gasteiger partial charge in [-0.15, -0.1) is 0 Å². The molecule has 0 saturated heterocycles. The Hall–Kier alpha value is -1.14. The lowest BCUT2D eigenvalue weighted by atomic mass is 10.2. The van der Waals surface area contributed by atoms with E-state index in [9.17, 15) is 9.59 Å². The number of carboxylic acids is 1. The lowest BCUT2D eigenvalue weighted by molar-refractivity contribution is -0.137. The summed E-state index contributed by atoms with van der Waals surface area (Å²) in [6.45, 7) is 1.01. The van der Waals surface area contributed by atoms with Crippen molar-refractivity contribution < 1.29 is 19.4 Å². The van der Waals surface area contributed by atoms with Gasteiger partial charge in [-0.3, -0.25) is 9.59 Å². The number of hydrogen-bond acceptors (Lipinski definition) is 4. The molecule has 0 radical (unpaired) electrons. The molecular formula is C11H22N2O4. The number of nitrogens with two attached hydrogens (primary N) is 1. The standard InChI is InChI=1S/C11H22N2O4/c1-17-8-6-9(12)11(16)13-7-4-2-3-5-10(14)15/h9H,2-8,12H2,1H3,(H,13,16)(H,14,15). The third-order valence-corrected chi connectivity index (χ3v) is 2.34. The van der Waals surface area contributed by atoms with Crippen LogP contribution in [0, 0.1) is 0 Å². The number of ether oxygens (including phenoxy) is 1. The predicted octanol–water partition coefficient (Wildman–Crippen LogP) is 0.111. The van der Waals surface area contributed by atoms with Gasteiger partial charge in [-0.2, -0.15) is 0 Å². The molecule has 0 rings (SSSR count). The smallest absolute Gasteiger partial charge is 0.303 e. The van der Waals surface area contributed by atoms with E-state index in [4.69, 9.17) is 15.6 Å². The first kappa shape index (κ1) is 15.9. The van der Waals surface area contributed by atoms with Crippen LogP contribution in [0.25, 0.3) is 0 Å². The molecule has 0 aromatic carbocycles. The lowest BCUT2D eigenvalue weighted by Gasteiger charge is -2.11. The van der Waals surface area contributed by atoms with Crippen molar-refractivity contribution in [2.75, 3.05) is 20.3 Å². The highest BCUT2D eigenvalue weighted by atomic mass is 16.5. The van der Waals surface area contributed by atoms with Gasteiger partial charge in [0.05, 0.1) is 6.04 Å². The fraction of sp³-hybridized carbons (Fsp3) is 0.818. The van der Waals surface area contributed by atoms with Crippen LogP contribution in [-0.4, -0.2) is 43.3 Å². The largest absolute Gasteiger partial charge is 0.481 e. The minimum atomic E-state index is -0.782. The number of amides is 1. The third-order valence-electron chi connectivity index (χ3n) is 2.34. The molecule has 0 bridgehead atoms. The number of rotatable bonds is 10. The number of carbonyl (C=O) groups is 2. The summed E-state index contributed by atoms with van der Waals surface area (Å²) in [6, 6.07) is -0.533. The Morgan fingerprint density at radius 2 is 2.06 bits per heavy atom. The maximum absolute atomic E-state index is 11.4. The number of hydrogen-bond donors (Lipinski definition) is 3. The summed E-state index contributed by atoms with van der Waals surface area (Å²) in [5, 5.41) is 11.1. The third kappa shape index (κ3) is 9.77. The fourth-order valence-electron chi connectivity index (χ4n) is 1.30. The van der Waals surface area contributed by atoms with Gasteiger partial charge >= 0.3 is 5.97 Å². The Morgan fingerprint density at radius 3 is 2.65 bits per heavy atom. The minimum Gasteiger partial charge on any atom is -0.481 e. The van der Waals surface area contributed by atoms with Crippen molar-refractivity contribution in [3.63, 3.8) is 0 Å². The first-order chi connectivity index (χ1) is 8.07. The first-order valence-corrected chi connectivity index (χ1v) is 5.82. The maximum atomic E-state index is 11.4. The van der Waals surface area contributed by atoms with Gasteiger partial charge in [-0.25, -0.2) is 0 Å². The zero-order chi connectivity index (χ0) is 13.1. The second-order valence-corrected chi connectivity index (χ2v) is 3.88. The van der Waals surface area contributed by atoms with Crippen LogP contribution in [0.15, 0.2) is 0 Å². The summed E-state index contributed by atoms with van der Waals surface area (Å²) in [7, 11) is 1.56. The molecule has 0 aliphatic carbocycles. The van der Waals surface area contributed by atoms with E-state index in [1.807, 2.05) is 0 Å². The topological polar surface area (TPSA) is 102 Å². The van der Waals surface area contributed by atoms with Crippen LogP contribution in [0.4, 0.5) is 0 Å². The van der Waals surface area contributed by atoms with Crippen molar-refractivity contribution in [2.45, 2.75) is 38.1 Å². The van der Waals surface area contributed by atoms with Crippen LogP contribution in [0.2, 0.25) is 0 Å². The molecule has 4 N–H and O–H groups in total. The van der Waals surface area contributed by atoms with Crippen LogP contribution < -0.4 is 11.1 Å². The zero-order valence-electron chi connectivity index (χ0n) is 10.3. The van der Waals surface area contributed by atoms with Crippen LogP contribution in [0.1, 0.15) is 32.1 Å². The van der Waals surface area contributed by atoms with E-state index in [0.717, 1.165) is 12.8 Å². The zero-order valence-corrected chi connectivity index (χ0v) is 10.3. The highest BCUT2D eigenvalue weighted by Crippen LogP contribution is 1.98. The van der Waals surface area contributed by atoms with Crippen molar-refractivity contribution >= 4 is 11.9 Å². The van der Waals surface area contributed by atoms with Crippen molar-refractivity contribution in [1.82, 2.24) is 5.32 Å². The Morgan fingerprint density at radius 1 is 1.35 bits per heavy atom. The summed E-state index contributed by atoms with van der Waals surface area (Å²) in [6.07, 6.45) is 2.89. The highest BCUT2D eigenvalue weighted by Gasteiger charge is 2.11. The average molecular weight is 246 g/mol. The Bertz CT molecular complexity index is 234. The van der Waals surface area contributed by atoms with Gasteiger partial charge in [0.15, 0.2) is 0 Å². The van der Waals surface area contributed by atoms with Crippen molar-refractivity contribution in [3.05, 3.63) is 0 Å². The number of aliphatic carboxylic acids is 1. The second-order valence-electron chi connectivity index (χ2n) is 3.88. The molecule has 6 nitrogen and oxygen atoms in total. The molecule has 6 heteroatoms. The number of unbranched alkanes of at least 4 members (excludes halogenated alkanes) is 2. The van der Waals surface area contributed by atoms with E-state index < -0.39 is 12.0 Å². The Labute approximate surface area is 102 Å². The molecule has 0 aromatic rings. The molecule has 0 saturated carbocycles. The van der Waals surface area contributed by atoms with E-state index in [2.05, 4.69) is 5.32 Å². The molecule has 1 atom stereocenters. The second kappa shape index (κ2) is 10.0. The summed E-state index contributed by atoms with van der Waals surface area (Å²) in [5.41, 5.74) is 5.61. The normalized spacial score (nSPS) is 12.1. The first-order valence-electron chi connectivity index (χ1n) is 5.82. The van der Waals surface area contributed by atoms with Crippen LogP contribution in [0.3, 0.4) is 0 Å².